The minimum atomic E-state index is -2.87. The van der Waals surface area contributed by atoms with Gasteiger partial charge in [0.05, 0.1) is 17.4 Å². The van der Waals surface area contributed by atoms with Crippen LogP contribution in [0.25, 0.3) is 21.2 Å². The van der Waals surface area contributed by atoms with Gasteiger partial charge >= 0.3 is 0 Å². The van der Waals surface area contributed by atoms with Crippen LogP contribution >= 0.6 is 11.3 Å². The third kappa shape index (κ3) is 6.96. The zero-order valence-corrected chi connectivity index (χ0v) is 25.5. The summed E-state index contributed by atoms with van der Waals surface area (Å²) in [6.45, 7) is 4.40. The molecule has 5 N–H and O–H groups in total. The fourth-order valence-corrected chi connectivity index (χ4v) is 8.00. The molecule has 1 saturated heterocycles. The van der Waals surface area contributed by atoms with Crippen molar-refractivity contribution in [2.75, 3.05) is 11.5 Å². The molecule has 0 aliphatic carbocycles. The Morgan fingerprint density at radius 2 is 1.86 bits per heavy atom. The monoisotopic (exact) mass is 600 g/mol. The Kier molecular flexibility index (Phi) is 9.17. The summed E-state index contributed by atoms with van der Waals surface area (Å²) in [4.78, 5) is 0. The third-order valence-electron chi connectivity index (χ3n) is 7.83. The van der Waals surface area contributed by atoms with Gasteiger partial charge in [-0.25, -0.2) is 19.8 Å². The molecular weight excluding hydrogens is 565 g/mol. The Labute approximate surface area is 251 Å². The second-order valence-corrected chi connectivity index (χ2v) is 13.9. The molecule has 3 aromatic carbocycles. The van der Waals surface area contributed by atoms with E-state index < -0.39 is 9.84 Å². The van der Waals surface area contributed by atoms with Gasteiger partial charge in [-0.05, 0) is 90.1 Å². The number of hydrogen-bond donors (Lipinski definition) is 3. The van der Waals surface area contributed by atoms with Crippen molar-refractivity contribution in [3.05, 3.63) is 88.3 Å². The van der Waals surface area contributed by atoms with Crippen molar-refractivity contribution in [1.82, 2.24) is 5.53 Å². The first-order chi connectivity index (χ1) is 20.3. The van der Waals surface area contributed by atoms with Crippen LogP contribution in [0, 0.1) is 18.8 Å². The van der Waals surface area contributed by atoms with E-state index in [1.807, 2.05) is 24.3 Å². The van der Waals surface area contributed by atoms with Crippen molar-refractivity contribution >= 4 is 37.1 Å². The number of sulfone groups is 1. The first kappa shape index (κ1) is 29.6. The first-order valence-electron chi connectivity index (χ1n) is 14.0. The molecule has 0 spiro atoms. The number of benzene rings is 3. The molecule has 1 aliphatic rings. The van der Waals surface area contributed by atoms with Gasteiger partial charge < -0.3 is 10.5 Å². The zero-order valence-electron chi connectivity index (χ0n) is 23.9. The Morgan fingerprint density at radius 1 is 1.10 bits per heavy atom. The van der Waals surface area contributed by atoms with Gasteiger partial charge in [0, 0.05) is 22.1 Å². The van der Waals surface area contributed by atoms with Crippen LogP contribution in [0.2, 0.25) is 0 Å². The molecule has 9 heteroatoms. The fraction of sp³-hybridized carbons (Fsp3) is 0.303. The molecule has 0 bridgehead atoms. The highest BCUT2D eigenvalue weighted by Gasteiger charge is 2.25. The number of hydrazone groups is 1. The first-order valence-corrected chi connectivity index (χ1v) is 16.7. The van der Waals surface area contributed by atoms with Crippen molar-refractivity contribution in [3.8, 4) is 28.7 Å². The van der Waals surface area contributed by atoms with E-state index in [0.29, 0.717) is 37.6 Å². The van der Waals surface area contributed by atoms with Gasteiger partial charge in [0.1, 0.15) is 28.0 Å². The molecule has 2 heterocycles. The van der Waals surface area contributed by atoms with Crippen LogP contribution < -0.4 is 21.8 Å². The van der Waals surface area contributed by atoms with E-state index in [-0.39, 0.29) is 17.4 Å². The van der Waals surface area contributed by atoms with E-state index in [4.69, 9.17) is 16.3 Å². The Bertz CT molecular complexity index is 1750. The number of rotatable bonds is 9. The molecule has 1 fully saturated rings. The van der Waals surface area contributed by atoms with Crippen LogP contribution in [0.1, 0.15) is 60.3 Å². The van der Waals surface area contributed by atoms with Crippen molar-refractivity contribution < 1.29 is 13.2 Å². The van der Waals surface area contributed by atoms with Gasteiger partial charge in [0.2, 0.25) is 0 Å². The van der Waals surface area contributed by atoms with Gasteiger partial charge in [0.25, 0.3) is 0 Å². The molecule has 0 saturated carbocycles. The average molecular weight is 601 g/mol. The fourth-order valence-electron chi connectivity index (χ4n) is 5.57. The van der Waals surface area contributed by atoms with Gasteiger partial charge in [-0.2, -0.15) is 5.10 Å². The summed E-state index contributed by atoms with van der Waals surface area (Å²) >= 11 is 1.74. The maximum Gasteiger partial charge on any atom is 0.150 e. The summed E-state index contributed by atoms with van der Waals surface area (Å²) in [5.74, 6) is 13.4. The number of hydrogen-bond acceptors (Lipinski definition) is 7. The molecule has 0 radical (unpaired) electrons. The van der Waals surface area contributed by atoms with Gasteiger partial charge in [-0.15, -0.1) is 17.3 Å². The topological polar surface area (TPSA) is 120 Å². The molecule has 4 aromatic rings. The summed E-state index contributed by atoms with van der Waals surface area (Å²) in [5, 5.41) is 7.27. The summed E-state index contributed by atoms with van der Waals surface area (Å²) < 4.78 is 31.1. The molecule has 1 aliphatic heterocycles. The van der Waals surface area contributed by atoms with Crippen molar-refractivity contribution in [3.63, 3.8) is 0 Å². The number of nitrogens with one attached hydrogen (secondary N) is 1. The summed E-state index contributed by atoms with van der Waals surface area (Å²) in [5.41, 5.74) is 15.2. The van der Waals surface area contributed by atoms with Crippen molar-refractivity contribution in [2.24, 2.45) is 16.7 Å². The quantitative estimate of drug-likeness (QED) is 0.0715. The summed E-state index contributed by atoms with van der Waals surface area (Å²) in [7, 11) is -2.87. The van der Waals surface area contributed by atoms with Crippen molar-refractivity contribution in [1.29, 1.82) is 0 Å². The van der Waals surface area contributed by atoms with E-state index in [1.165, 1.54) is 32.3 Å². The highest BCUT2D eigenvalue weighted by atomic mass is 32.2. The second-order valence-electron chi connectivity index (χ2n) is 10.7. The van der Waals surface area contributed by atoms with Crippen LogP contribution in [0.15, 0.2) is 71.1 Å². The molecule has 0 unspecified atom stereocenters. The van der Waals surface area contributed by atoms with Gasteiger partial charge in [-0.3, -0.25) is 0 Å². The van der Waals surface area contributed by atoms with Gasteiger partial charge in [-0.1, -0.05) is 42.3 Å². The number of aryl methyl sites for hydroxylation is 1. The predicted octanol–water partition coefficient (Wildman–Crippen LogP) is 5.98. The molecule has 218 valence electrons. The summed E-state index contributed by atoms with van der Waals surface area (Å²) in [6, 6.07) is 21.0. The van der Waals surface area contributed by atoms with Crippen LogP contribution in [0.5, 0.6) is 5.75 Å². The Hall–Kier alpha value is -3.84. The Balaban J connectivity index is 1.29. The molecule has 5 rings (SSSR count). The molecule has 42 heavy (non-hydrogen) atoms. The number of fused-ring (bicyclic) bond motifs is 1. The number of nitrogens with zero attached hydrogens (tertiary/aromatic N) is 1. The van der Waals surface area contributed by atoms with E-state index in [0.717, 1.165) is 16.9 Å². The minimum absolute atomic E-state index is 0.0862. The lowest BCUT2D eigenvalue weighted by molar-refractivity contribution is 0.306. The third-order valence-corrected chi connectivity index (χ3v) is 10.5. The second kappa shape index (κ2) is 13.0. The highest BCUT2D eigenvalue weighted by Crippen LogP contribution is 2.38. The SMILES string of the molecule is CC#C[C@@H](C/C(N)=N/NN)c1ccc(OCc2ccc3scc(-c4ccc(C5CCS(=O)(=O)CC5)cc4C)c3c2)cc1. The minimum Gasteiger partial charge on any atom is -0.489 e. The number of thiophene rings is 1. The van der Waals surface area contributed by atoms with Crippen LogP contribution in [0.4, 0.5) is 0 Å². The number of amidine groups is 1. The zero-order chi connectivity index (χ0) is 29.7. The van der Waals surface area contributed by atoms with E-state index >= 15 is 0 Å². The van der Waals surface area contributed by atoms with E-state index in [2.05, 4.69) is 71.2 Å². The molecular formula is C33H36N4O3S2. The number of hydrazine groups is 1. The standard InChI is InChI=1S/C33H36N4O3S2/c1-3-4-26(19-33(34)36-37-35)24-6-9-28(10-7-24)40-20-23-5-12-32-30(18-23)31(21-41-32)29-11-8-27(17-22(29)2)25-13-15-42(38,39)16-14-25/h5-12,17-18,21,25-26,37H,13-16,19-20,35H2,1-2H3,(H2,34,36)/t26-/m0/s1. The average Bonchev–Trinajstić information content (AvgIpc) is 3.39. The normalized spacial score (nSPS) is 16.0. The molecule has 0 amide bonds. The molecule has 1 atom stereocenters. The van der Waals surface area contributed by atoms with Crippen LogP contribution in [0.3, 0.4) is 0 Å². The summed E-state index contributed by atoms with van der Waals surface area (Å²) in [6.07, 6.45) is 1.89. The lowest BCUT2D eigenvalue weighted by Crippen LogP contribution is -2.23. The maximum atomic E-state index is 11.9. The highest BCUT2D eigenvalue weighted by molar-refractivity contribution is 7.91. The Morgan fingerprint density at radius 3 is 2.55 bits per heavy atom. The van der Waals surface area contributed by atoms with E-state index in [1.54, 1.807) is 18.3 Å². The van der Waals surface area contributed by atoms with Crippen molar-refractivity contribution in [2.45, 2.75) is 51.6 Å². The molecule has 7 nitrogen and oxygen atoms in total. The smallest absolute Gasteiger partial charge is 0.150 e. The van der Waals surface area contributed by atoms with E-state index in [9.17, 15) is 8.42 Å². The van der Waals surface area contributed by atoms with Crippen LogP contribution in [-0.2, 0) is 16.4 Å². The lowest BCUT2D eigenvalue weighted by atomic mass is 9.89. The number of ether oxygens (including phenoxy) is 1. The number of nitrogens with two attached hydrogens (primary N) is 2. The predicted molar refractivity (Wildman–Crippen MR) is 173 cm³/mol. The maximum absolute atomic E-state index is 11.9. The largest absolute Gasteiger partial charge is 0.489 e. The van der Waals surface area contributed by atoms with Crippen LogP contribution in [-0.4, -0.2) is 25.8 Å². The van der Waals surface area contributed by atoms with Gasteiger partial charge in [0.15, 0.2) is 0 Å². The molecule has 1 aromatic heterocycles. The lowest BCUT2D eigenvalue weighted by Gasteiger charge is -2.23.